The predicted octanol–water partition coefficient (Wildman–Crippen LogP) is 2.91. The van der Waals surface area contributed by atoms with Crippen molar-refractivity contribution >= 4 is 5.97 Å². The number of carbonyl (C=O) groups is 1. The average molecular weight is 251 g/mol. The van der Waals surface area contributed by atoms with E-state index in [1.807, 2.05) is 6.07 Å². The molecule has 2 heterocycles. The summed E-state index contributed by atoms with van der Waals surface area (Å²) in [5.41, 5.74) is 0.710. The van der Waals surface area contributed by atoms with E-state index in [-0.39, 0.29) is 5.76 Å². The van der Waals surface area contributed by atoms with Crippen LogP contribution in [0.25, 0.3) is 0 Å². The topological polar surface area (TPSA) is 53.7 Å². The number of nitrogens with zero attached hydrogens (tertiary/aromatic N) is 1. The van der Waals surface area contributed by atoms with Gasteiger partial charge in [-0.25, -0.2) is 4.79 Å². The largest absolute Gasteiger partial charge is 0.475 e. The fourth-order valence-electron chi connectivity index (χ4n) is 2.76. The first-order valence-electron chi connectivity index (χ1n) is 6.65. The van der Waals surface area contributed by atoms with Crippen LogP contribution < -0.4 is 0 Å². The van der Waals surface area contributed by atoms with Gasteiger partial charge >= 0.3 is 5.97 Å². The van der Waals surface area contributed by atoms with Crippen LogP contribution in [0.2, 0.25) is 0 Å². The van der Waals surface area contributed by atoms with E-state index in [2.05, 4.69) is 11.8 Å². The van der Waals surface area contributed by atoms with Crippen molar-refractivity contribution in [3.63, 3.8) is 0 Å². The second-order valence-electron chi connectivity index (χ2n) is 5.21. The fourth-order valence-corrected chi connectivity index (χ4v) is 2.76. The van der Waals surface area contributed by atoms with Gasteiger partial charge in [0.05, 0.1) is 6.54 Å². The molecule has 1 N–H and O–H groups in total. The Hall–Kier alpha value is -1.29. The molecule has 1 saturated heterocycles. The molecule has 0 saturated carbocycles. The zero-order chi connectivity index (χ0) is 13.1. The molecule has 1 aliphatic heterocycles. The van der Waals surface area contributed by atoms with Gasteiger partial charge in [-0.1, -0.05) is 13.3 Å². The molecule has 18 heavy (non-hydrogen) atoms. The number of aromatic carboxylic acids is 1. The monoisotopic (exact) mass is 251 g/mol. The van der Waals surface area contributed by atoms with Crippen molar-refractivity contribution in [3.8, 4) is 0 Å². The number of rotatable bonds is 5. The quantitative estimate of drug-likeness (QED) is 0.874. The van der Waals surface area contributed by atoms with Crippen LogP contribution in [-0.4, -0.2) is 29.1 Å². The molecule has 4 nitrogen and oxygen atoms in total. The minimum absolute atomic E-state index is 0.0781. The number of carboxylic acid groups (broad SMARTS) is 1. The smallest absolute Gasteiger partial charge is 0.372 e. The first kappa shape index (κ1) is 13.1. The average Bonchev–Trinajstić information content (AvgIpc) is 2.87. The summed E-state index contributed by atoms with van der Waals surface area (Å²) >= 11 is 0. The zero-order valence-corrected chi connectivity index (χ0v) is 11.1. The third-order valence-electron chi connectivity index (χ3n) is 3.61. The van der Waals surface area contributed by atoms with Crippen molar-refractivity contribution in [1.29, 1.82) is 0 Å². The van der Waals surface area contributed by atoms with Crippen molar-refractivity contribution in [2.45, 2.75) is 39.7 Å². The van der Waals surface area contributed by atoms with Gasteiger partial charge < -0.3 is 9.52 Å². The van der Waals surface area contributed by atoms with E-state index in [1.54, 1.807) is 6.92 Å². The van der Waals surface area contributed by atoms with Gasteiger partial charge in [0, 0.05) is 12.1 Å². The molecule has 0 aliphatic carbocycles. The molecule has 1 unspecified atom stereocenters. The molecule has 1 atom stereocenters. The molecule has 4 heteroatoms. The van der Waals surface area contributed by atoms with Gasteiger partial charge in [0.2, 0.25) is 5.76 Å². The molecule has 0 bridgehead atoms. The van der Waals surface area contributed by atoms with E-state index in [4.69, 9.17) is 9.52 Å². The summed E-state index contributed by atoms with van der Waals surface area (Å²) in [5.74, 6) is 0.658. The Morgan fingerprint density at radius 2 is 2.39 bits per heavy atom. The van der Waals surface area contributed by atoms with Crippen molar-refractivity contribution in [2.24, 2.45) is 5.92 Å². The van der Waals surface area contributed by atoms with Crippen LogP contribution in [-0.2, 0) is 6.54 Å². The second-order valence-corrected chi connectivity index (χ2v) is 5.21. The predicted molar refractivity (Wildman–Crippen MR) is 68.7 cm³/mol. The molecule has 0 spiro atoms. The molecule has 1 aromatic rings. The number of aryl methyl sites for hydroxylation is 1. The van der Waals surface area contributed by atoms with E-state index in [0.29, 0.717) is 5.56 Å². The molecule has 1 fully saturated rings. The van der Waals surface area contributed by atoms with E-state index in [1.165, 1.54) is 19.3 Å². The molecule has 0 amide bonds. The first-order chi connectivity index (χ1) is 8.60. The first-order valence-corrected chi connectivity index (χ1v) is 6.65. The molecule has 1 aromatic heterocycles. The Bertz CT molecular complexity index is 425. The van der Waals surface area contributed by atoms with E-state index < -0.39 is 5.97 Å². The second kappa shape index (κ2) is 5.57. The maximum Gasteiger partial charge on any atom is 0.372 e. The van der Waals surface area contributed by atoms with Gasteiger partial charge in [0.1, 0.15) is 5.76 Å². The highest BCUT2D eigenvalue weighted by atomic mass is 16.4. The van der Waals surface area contributed by atoms with Gasteiger partial charge in [-0.15, -0.1) is 0 Å². The van der Waals surface area contributed by atoms with Gasteiger partial charge in [-0.3, -0.25) is 4.90 Å². The van der Waals surface area contributed by atoms with E-state index >= 15 is 0 Å². The minimum Gasteiger partial charge on any atom is -0.475 e. The lowest BCUT2D eigenvalue weighted by Crippen LogP contribution is -2.19. The maximum absolute atomic E-state index is 10.9. The molecular formula is C14H21NO3. The summed E-state index contributed by atoms with van der Waals surface area (Å²) in [4.78, 5) is 13.3. The lowest BCUT2D eigenvalue weighted by molar-refractivity contribution is 0.0657. The number of hydrogen-bond acceptors (Lipinski definition) is 3. The number of furan rings is 1. The van der Waals surface area contributed by atoms with Crippen molar-refractivity contribution < 1.29 is 14.3 Å². The summed E-state index contributed by atoms with van der Waals surface area (Å²) in [6, 6.07) is 1.84. The lowest BCUT2D eigenvalue weighted by atomic mass is 10.0. The van der Waals surface area contributed by atoms with Gasteiger partial charge in [0.25, 0.3) is 0 Å². The Balaban J connectivity index is 1.94. The van der Waals surface area contributed by atoms with Crippen LogP contribution in [0, 0.1) is 12.8 Å². The molecule has 2 rings (SSSR count). The Kier molecular flexibility index (Phi) is 4.07. The van der Waals surface area contributed by atoms with Crippen LogP contribution in [0.15, 0.2) is 10.5 Å². The van der Waals surface area contributed by atoms with Crippen molar-refractivity contribution in [3.05, 3.63) is 23.2 Å². The summed E-state index contributed by atoms with van der Waals surface area (Å²) < 4.78 is 5.39. The van der Waals surface area contributed by atoms with Gasteiger partial charge in [0.15, 0.2) is 0 Å². The highest BCUT2D eigenvalue weighted by Gasteiger charge is 2.23. The Morgan fingerprint density at radius 3 is 3.00 bits per heavy atom. The van der Waals surface area contributed by atoms with Crippen LogP contribution in [0.5, 0.6) is 0 Å². The Morgan fingerprint density at radius 1 is 1.61 bits per heavy atom. The van der Waals surface area contributed by atoms with Crippen LogP contribution in [0.4, 0.5) is 0 Å². The van der Waals surface area contributed by atoms with E-state index in [0.717, 1.165) is 31.3 Å². The molecular weight excluding hydrogens is 230 g/mol. The van der Waals surface area contributed by atoms with Crippen molar-refractivity contribution in [1.82, 2.24) is 4.90 Å². The number of carboxylic acids is 1. The lowest BCUT2D eigenvalue weighted by Gasteiger charge is -2.13. The molecule has 1 aliphatic rings. The Labute approximate surface area is 108 Å². The SMILES string of the molecule is CCCC1CCN(Cc2cc(C)c(C(=O)O)o2)C1. The molecule has 0 radical (unpaired) electrons. The zero-order valence-electron chi connectivity index (χ0n) is 11.1. The fraction of sp³-hybridized carbons (Fsp3) is 0.643. The standard InChI is InChI=1S/C14H21NO3/c1-3-4-11-5-6-15(8-11)9-12-7-10(2)13(18-12)14(16)17/h7,11H,3-6,8-9H2,1-2H3,(H,16,17). The summed E-state index contributed by atoms with van der Waals surface area (Å²) in [5, 5.41) is 8.94. The summed E-state index contributed by atoms with van der Waals surface area (Å²) in [6.45, 7) is 6.93. The highest BCUT2D eigenvalue weighted by Crippen LogP contribution is 2.24. The van der Waals surface area contributed by atoms with Crippen LogP contribution >= 0.6 is 0 Å². The van der Waals surface area contributed by atoms with Gasteiger partial charge in [-0.05, 0) is 38.3 Å². The van der Waals surface area contributed by atoms with Crippen LogP contribution in [0.3, 0.4) is 0 Å². The number of hydrogen-bond donors (Lipinski definition) is 1. The molecule has 0 aromatic carbocycles. The molecule has 100 valence electrons. The van der Waals surface area contributed by atoms with Gasteiger partial charge in [-0.2, -0.15) is 0 Å². The normalized spacial score (nSPS) is 20.4. The summed E-state index contributed by atoms with van der Waals surface area (Å²) in [6.07, 6.45) is 3.77. The summed E-state index contributed by atoms with van der Waals surface area (Å²) in [7, 11) is 0. The third-order valence-corrected chi connectivity index (χ3v) is 3.61. The number of likely N-dealkylation sites (tertiary alicyclic amines) is 1. The maximum atomic E-state index is 10.9. The van der Waals surface area contributed by atoms with E-state index in [9.17, 15) is 4.79 Å². The highest BCUT2D eigenvalue weighted by molar-refractivity contribution is 5.86. The van der Waals surface area contributed by atoms with Crippen molar-refractivity contribution in [2.75, 3.05) is 13.1 Å². The third kappa shape index (κ3) is 2.93. The van der Waals surface area contributed by atoms with Crippen LogP contribution in [0.1, 0.15) is 48.1 Å². The minimum atomic E-state index is -0.982.